The lowest BCUT2D eigenvalue weighted by Gasteiger charge is -2.37. The Hall–Kier alpha value is -2.58. The number of aliphatic hydroxyl groups excluding tert-OH is 1. The second-order valence-electron chi connectivity index (χ2n) is 10.8. The van der Waals surface area contributed by atoms with E-state index < -0.39 is 11.6 Å². The molecule has 3 aromatic rings. The summed E-state index contributed by atoms with van der Waals surface area (Å²) in [6.45, 7) is 8.43. The van der Waals surface area contributed by atoms with E-state index in [1.165, 1.54) is 35.2 Å². The molecule has 2 aromatic carbocycles. The van der Waals surface area contributed by atoms with Gasteiger partial charge in [-0.15, -0.1) is 0 Å². The van der Waals surface area contributed by atoms with E-state index >= 15 is 0 Å². The summed E-state index contributed by atoms with van der Waals surface area (Å²) in [7, 11) is 0. The molecule has 8 heteroatoms. The second kappa shape index (κ2) is 11.0. The van der Waals surface area contributed by atoms with Gasteiger partial charge in [-0.3, -0.25) is 0 Å². The quantitative estimate of drug-likeness (QED) is 0.210. The molecule has 0 saturated heterocycles. The summed E-state index contributed by atoms with van der Waals surface area (Å²) in [5, 5.41) is 11.7. The average molecular weight is 543 g/mol. The van der Waals surface area contributed by atoms with Gasteiger partial charge in [0.25, 0.3) is 0 Å². The third kappa shape index (κ3) is 6.47. The highest BCUT2D eigenvalue weighted by Gasteiger charge is 2.42. The molecule has 37 heavy (non-hydrogen) atoms. The van der Waals surface area contributed by atoms with Gasteiger partial charge in [0.2, 0.25) is 0 Å². The maximum Gasteiger partial charge on any atom is 0.349 e. The Labute approximate surface area is 226 Å². The van der Waals surface area contributed by atoms with Crippen LogP contribution < -0.4 is 5.73 Å². The number of halogens is 1. The van der Waals surface area contributed by atoms with E-state index in [9.17, 15) is 14.3 Å². The molecule has 0 amide bonds. The van der Waals surface area contributed by atoms with Crippen LogP contribution in [0.3, 0.4) is 0 Å². The number of fused-ring (bicyclic) bond motifs is 1. The van der Waals surface area contributed by atoms with E-state index in [0.29, 0.717) is 24.4 Å². The van der Waals surface area contributed by atoms with Crippen LogP contribution in [0.4, 0.5) is 9.52 Å². The zero-order chi connectivity index (χ0) is 26.8. The number of thiazole rings is 1. The van der Waals surface area contributed by atoms with Crippen molar-refractivity contribution in [3.8, 4) is 0 Å². The number of nitrogens with two attached hydrogens (primary N) is 1. The molecule has 1 atom stereocenters. The summed E-state index contributed by atoms with van der Waals surface area (Å²) in [5.41, 5.74) is 7.62. The molecule has 1 aliphatic rings. The number of nitrogen functional groups attached to an aromatic ring is 1. The number of rotatable bonds is 9. The highest BCUT2D eigenvalue weighted by molar-refractivity contribution is 8.04. The number of carbonyl (C=O) groups excluding carboxylic acids is 1. The fourth-order valence-electron chi connectivity index (χ4n) is 4.80. The normalized spacial score (nSPS) is 18.5. The van der Waals surface area contributed by atoms with Gasteiger partial charge < -0.3 is 15.6 Å². The number of aryl methyl sites for hydroxylation is 1. The molecule has 4 rings (SSSR count). The molecule has 0 fully saturated rings. The Kier molecular flexibility index (Phi) is 8.19. The van der Waals surface area contributed by atoms with Crippen molar-refractivity contribution in [3.05, 3.63) is 64.0 Å². The van der Waals surface area contributed by atoms with Crippen molar-refractivity contribution in [2.24, 2.45) is 0 Å². The number of nitrogens with zero attached hydrogens (tertiary/aromatic N) is 1. The Morgan fingerprint density at radius 2 is 2.00 bits per heavy atom. The topological polar surface area (TPSA) is 85.4 Å². The van der Waals surface area contributed by atoms with Crippen molar-refractivity contribution in [1.29, 1.82) is 0 Å². The zero-order valence-corrected chi connectivity index (χ0v) is 23.5. The molecular weight excluding hydrogens is 507 g/mol. The van der Waals surface area contributed by atoms with E-state index in [2.05, 4.69) is 32.7 Å². The summed E-state index contributed by atoms with van der Waals surface area (Å²) in [6.07, 6.45) is 4.93. The lowest BCUT2D eigenvalue weighted by atomic mass is 9.84. The van der Waals surface area contributed by atoms with Crippen LogP contribution in [-0.2, 0) is 21.4 Å². The van der Waals surface area contributed by atoms with Gasteiger partial charge in [0.1, 0.15) is 22.1 Å². The molecule has 1 aromatic heterocycles. The number of aromatic nitrogens is 1. The van der Waals surface area contributed by atoms with Crippen molar-refractivity contribution in [3.63, 3.8) is 0 Å². The summed E-state index contributed by atoms with van der Waals surface area (Å²) >= 11 is 2.65. The molecule has 0 spiro atoms. The van der Waals surface area contributed by atoms with E-state index in [-0.39, 0.29) is 28.3 Å². The summed E-state index contributed by atoms with van der Waals surface area (Å²) in [5.74, 6) is -0.733. The summed E-state index contributed by atoms with van der Waals surface area (Å²) < 4.78 is 20.8. The average Bonchev–Trinajstić information content (AvgIpc) is 3.18. The molecule has 0 unspecified atom stereocenters. The first-order valence-corrected chi connectivity index (χ1v) is 14.4. The van der Waals surface area contributed by atoms with Crippen molar-refractivity contribution >= 4 is 44.4 Å². The standard InChI is InChI=1S/C29H35FN2O3S2/c1-5-6-7-12-29(13-11-18-9-8-10-19(30)14-18)17-22(33)25(26(34)35-29)36-23-16-24-21(32-27(31)37-24)15-20(23)28(2,3)4/h8-10,14-16,33H,5-7,11-13,17H2,1-4H3,(H2,31,32)/t29-/m0/s1. The van der Waals surface area contributed by atoms with Crippen molar-refractivity contribution < 1.29 is 19.0 Å². The van der Waals surface area contributed by atoms with Crippen LogP contribution in [0.5, 0.6) is 0 Å². The first-order chi connectivity index (χ1) is 17.5. The molecule has 0 bridgehead atoms. The van der Waals surface area contributed by atoms with Gasteiger partial charge in [-0.25, -0.2) is 14.2 Å². The van der Waals surface area contributed by atoms with Crippen LogP contribution in [0.1, 0.15) is 77.3 Å². The number of anilines is 1. The molecule has 198 valence electrons. The van der Waals surface area contributed by atoms with Crippen molar-refractivity contribution in [2.75, 3.05) is 5.73 Å². The molecular formula is C29H35FN2O3S2. The fourth-order valence-corrected chi connectivity index (χ4v) is 6.82. The van der Waals surface area contributed by atoms with Gasteiger partial charge in [-0.2, -0.15) is 0 Å². The molecule has 0 saturated carbocycles. The lowest BCUT2D eigenvalue weighted by molar-refractivity contribution is -0.159. The summed E-state index contributed by atoms with van der Waals surface area (Å²) in [6, 6.07) is 10.5. The van der Waals surface area contributed by atoms with E-state index in [1.807, 2.05) is 18.2 Å². The van der Waals surface area contributed by atoms with Crippen LogP contribution in [0.15, 0.2) is 52.0 Å². The third-order valence-corrected chi connectivity index (χ3v) is 8.78. The predicted octanol–water partition coefficient (Wildman–Crippen LogP) is 8.08. The van der Waals surface area contributed by atoms with E-state index in [0.717, 1.165) is 45.5 Å². The Morgan fingerprint density at radius 3 is 2.68 bits per heavy atom. The number of esters is 1. The van der Waals surface area contributed by atoms with Gasteiger partial charge in [0.15, 0.2) is 5.13 Å². The molecule has 1 aliphatic heterocycles. The number of hydrogen-bond donors (Lipinski definition) is 2. The molecule has 5 nitrogen and oxygen atoms in total. The Balaban J connectivity index is 1.64. The lowest BCUT2D eigenvalue weighted by Crippen LogP contribution is -2.40. The van der Waals surface area contributed by atoms with Crippen LogP contribution in [0, 0.1) is 5.82 Å². The highest BCUT2D eigenvalue weighted by Crippen LogP contribution is 2.45. The number of benzene rings is 2. The van der Waals surface area contributed by atoms with Crippen LogP contribution in [0.2, 0.25) is 0 Å². The molecule has 0 aliphatic carbocycles. The first kappa shape index (κ1) is 27.5. The predicted molar refractivity (Wildman–Crippen MR) is 151 cm³/mol. The van der Waals surface area contributed by atoms with Crippen molar-refractivity contribution in [2.45, 2.75) is 88.6 Å². The molecule has 3 N–H and O–H groups in total. The van der Waals surface area contributed by atoms with E-state index in [1.54, 1.807) is 6.07 Å². The van der Waals surface area contributed by atoms with Gasteiger partial charge in [0.05, 0.1) is 10.2 Å². The zero-order valence-electron chi connectivity index (χ0n) is 21.9. The van der Waals surface area contributed by atoms with Gasteiger partial charge in [-0.1, -0.05) is 75.8 Å². The number of unbranched alkanes of at least 4 members (excludes halogenated alkanes) is 2. The number of aliphatic hydroxyl groups is 1. The maximum absolute atomic E-state index is 13.7. The Bertz CT molecular complexity index is 1330. The van der Waals surface area contributed by atoms with Gasteiger partial charge in [0, 0.05) is 11.3 Å². The smallest absolute Gasteiger partial charge is 0.349 e. The number of hydrogen-bond acceptors (Lipinski definition) is 7. The number of thioether (sulfide) groups is 1. The minimum absolute atomic E-state index is 0.0563. The third-order valence-electron chi connectivity index (χ3n) is 6.77. The Morgan fingerprint density at radius 1 is 1.22 bits per heavy atom. The van der Waals surface area contributed by atoms with Gasteiger partial charge in [-0.05, 0) is 66.5 Å². The van der Waals surface area contributed by atoms with Crippen LogP contribution in [-0.4, -0.2) is 21.7 Å². The minimum atomic E-state index is -0.810. The molecule has 2 heterocycles. The number of cyclic esters (lactones) is 1. The van der Waals surface area contributed by atoms with Crippen LogP contribution in [0.25, 0.3) is 10.2 Å². The van der Waals surface area contributed by atoms with Crippen molar-refractivity contribution in [1.82, 2.24) is 4.98 Å². The number of carbonyl (C=O) groups is 1. The SMILES string of the molecule is CCCCC[C@]1(CCc2cccc(F)c2)CC(O)=C(Sc2cc3sc(N)nc3cc2C(C)(C)C)C(=O)O1. The summed E-state index contributed by atoms with van der Waals surface area (Å²) in [4.78, 5) is 18.9. The number of ether oxygens (including phenoxy) is 1. The second-order valence-corrected chi connectivity index (χ2v) is 12.9. The first-order valence-electron chi connectivity index (χ1n) is 12.8. The van der Waals surface area contributed by atoms with Crippen LogP contribution >= 0.6 is 23.1 Å². The maximum atomic E-state index is 13.7. The van der Waals surface area contributed by atoms with E-state index in [4.69, 9.17) is 10.5 Å². The van der Waals surface area contributed by atoms with Gasteiger partial charge >= 0.3 is 5.97 Å². The molecule has 0 radical (unpaired) electrons. The monoisotopic (exact) mass is 542 g/mol. The minimum Gasteiger partial charge on any atom is -0.511 e. The largest absolute Gasteiger partial charge is 0.511 e. The highest BCUT2D eigenvalue weighted by atomic mass is 32.2. The fraction of sp³-hybridized carbons (Fsp3) is 0.448.